The number of thioether (sulfide) groups is 1. The zero-order chi connectivity index (χ0) is 7.40. The molecular formula is C6H9NO2S. The SMILES string of the molecule is O=C(O)/C=C1/CSCCN1. The van der Waals surface area contributed by atoms with Gasteiger partial charge in [-0.25, -0.2) is 4.79 Å². The Morgan fingerprint density at radius 3 is 3.10 bits per heavy atom. The lowest BCUT2D eigenvalue weighted by Gasteiger charge is -2.14. The number of carboxylic acid groups (broad SMARTS) is 1. The van der Waals surface area contributed by atoms with Gasteiger partial charge in [-0.2, -0.15) is 11.8 Å². The molecule has 0 spiro atoms. The molecule has 1 fully saturated rings. The van der Waals surface area contributed by atoms with Crippen LogP contribution in [0, 0.1) is 0 Å². The molecule has 0 aromatic carbocycles. The smallest absolute Gasteiger partial charge is 0.330 e. The minimum Gasteiger partial charge on any atom is -0.478 e. The standard InChI is InChI=1S/C6H9NO2S/c8-6(9)3-5-4-10-2-1-7-5/h3,7H,1-2,4H2,(H,8,9)/b5-3-. The van der Waals surface area contributed by atoms with Gasteiger partial charge in [-0.3, -0.25) is 0 Å². The minimum atomic E-state index is -0.870. The molecule has 1 aliphatic heterocycles. The fourth-order valence-corrected chi connectivity index (χ4v) is 1.55. The average molecular weight is 159 g/mol. The Balaban J connectivity index is 2.45. The van der Waals surface area contributed by atoms with Crippen molar-refractivity contribution in [3.05, 3.63) is 11.8 Å². The highest BCUT2D eigenvalue weighted by atomic mass is 32.2. The van der Waals surface area contributed by atoms with E-state index in [4.69, 9.17) is 5.11 Å². The van der Waals surface area contributed by atoms with E-state index in [1.165, 1.54) is 6.08 Å². The molecule has 3 nitrogen and oxygen atoms in total. The second kappa shape index (κ2) is 3.51. The Morgan fingerprint density at radius 2 is 2.60 bits per heavy atom. The van der Waals surface area contributed by atoms with Crippen LogP contribution in [0.2, 0.25) is 0 Å². The summed E-state index contributed by atoms with van der Waals surface area (Å²) < 4.78 is 0. The molecule has 0 unspecified atom stereocenters. The van der Waals surface area contributed by atoms with Crippen LogP contribution >= 0.6 is 11.8 Å². The fraction of sp³-hybridized carbons (Fsp3) is 0.500. The molecule has 56 valence electrons. The molecule has 0 atom stereocenters. The molecule has 0 aliphatic carbocycles. The highest BCUT2D eigenvalue weighted by Crippen LogP contribution is 2.09. The van der Waals surface area contributed by atoms with Crippen LogP contribution in [-0.4, -0.2) is 29.1 Å². The normalized spacial score (nSPS) is 22.2. The summed E-state index contributed by atoms with van der Waals surface area (Å²) in [5.41, 5.74) is 0.823. The molecule has 0 bridgehead atoms. The summed E-state index contributed by atoms with van der Waals surface area (Å²) in [4.78, 5) is 10.1. The average Bonchev–Trinajstić information content (AvgIpc) is 1.88. The maximum atomic E-state index is 10.1. The molecule has 1 aliphatic rings. The molecule has 0 aromatic heterocycles. The second-order valence-corrected chi connectivity index (χ2v) is 3.09. The van der Waals surface area contributed by atoms with Crippen molar-refractivity contribution in [3.8, 4) is 0 Å². The van der Waals surface area contributed by atoms with Gasteiger partial charge in [0.2, 0.25) is 0 Å². The van der Waals surface area contributed by atoms with Gasteiger partial charge in [0.15, 0.2) is 0 Å². The van der Waals surface area contributed by atoms with Crippen molar-refractivity contribution >= 4 is 17.7 Å². The zero-order valence-electron chi connectivity index (χ0n) is 5.46. The molecule has 1 rings (SSSR count). The Bertz CT molecular complexity index is 159. The van der Waals surface area contributed by atoms with Crippen LogP contribution in [-0.2, 0) is 4.79 Å². The maximum Gasteiger partial charge on any atom is 0.330 e. The molecule has 0 amide bonds. The molecular weight excluding hydrogens is 150 g/mol. The zero-order valence-corrected chi connectivity index (χ0v) is 6.28. The van der Waals surface area contributed by atoms with E-state index in [0.717, 1.165) is 23.7 Å². The Kier molecular flexibility index (Phi) is 2.62. The third-order valence-corrected chi connectivity index (χ3v) is 2.16. The van der Waals surface area contributed by atoms with Gasteiger partial charge < -0.3 is 10.4 Å². The van der Waals surface area contributed by atoms with Gasteiger partial charge in [-0.05, 0) is 0 Å². The van der Waals surface area contributed by atoms with Crippen LogP contribution in [0.4, 0.5) is 0 Å². The Labute approximate surface area is 63.5 Å². The summed E-state index contributed by atoms with van der Waals surface area (Å²) in [5, 5.41) is 11.3. The van der Waals surface area contributed by atoms with Crippen LogP contribution in [0.5, 0.6) is 0 Å². The van der Waals surface area contributed by atoms with Crippen LogP contribution in [0.1, 0.15) is 0 Å². The summed E-state index contributed by atoms with van der Waals surface area (Å²) in [7, 11) is 0. The van der Waals surface area contributed by atoms with E-state index >= 15 is 0 Å². The van der Waals surface area contributed by atoms with Gasteiger partial charge in [-0.1, -0.05) is 0 Å². The maximum absolute atomic E-state index is 10.1. The van der Waals surface area contributed by atoms with Gasteiger partial charge >= 0.3 is 5.97 Å². The molecule has 2 N–H and O–H groups in total. The molecule has 0 radical (unpaired) electrons. The van der Waals surface area contributed by atoms with E-state index in [1.807, 2.05) is 0 Å². The van der Waals surface area contributed by atoms with Crippen LogP contribution in [0.15, 0.2) is 11.8 Å². The van der Waals surface area contributed by atoms with Crippen LogP contribution < -0.4 is 5.32 Å². The lowest BCUT2D eigenvalue weighted by Crippen LogP contribution is -2.24. The van der Waals surface area contributed by atoms with Gasteiger partial charge in [0.05, 0.1) is 0 Å². The lowest BCUT2D eigenvalue weighted by molar-refractivity contribution is -0.131. The largest absolute Gasteiger partial charge is 0.478 e. The van der Waals surface area contributed by atoms with Crippen molar-refractivity contribution in [2.45, 2.75) is 0 Å². The monoisotopic (exact) mass is 159 g/mol. The number of rotatable bonds is 1. The van der Waals surface area contributed by atoms with Gasteiger partial charge in [-0.15, -0.1) is 0 Å². The van der Waals surface area contributed by atoms with Crippen molar-refractivity contribution in [3.63, 3.8) is 0 Å². The molecule has 1 heterocycles. The van der Waals surface area contributed by atoms with Crippen molar-refractivity contribution in [2.75, 3.05) is 18.1 Å². The third-order valence-electron chi connectivity index (χ3n) is 1.15. The highest BCUT2D eigenvalue weighted by Gasteiger charge is 2.04. The Hall–Kier alpha value is -0.640. The number of nitrogens with one attached hydrogen (secondary N) is 1. The summed E-state index contributed by atoms with van der Waals surface area (Å²) >= 11 is 1.75. The minimum absolute atomic E-state index is 0.798. The van der Waals surface area contributed by atoms with E-state index in [-0.39, 0.29) is 0 Å². The van der Waals surface area contributed by atoms with Gasteiger partial charge in [0.1, 0.15) is 0 Å². The predicted molar refractivity (Wildman–Crippen MR) is 41.0 cm³/mol. The highest BCUT2D eigenvalue weighted by molar-refractivity contribution is 7.99. The van der Waals surface area contributed by atoms with Crippen molar-refractivity contribution in [2.24, 2.45) is 0 Å². The lowest BCUT2D eigenvalue weighted by atomic mass is 10.4. The number of aliphatic carboxylic acids is 1. The number of hydrogen-bond donors (Lipinski definition) is 2. The molecule has 4 heteroatoms. The topological polar surface area (TPSA) is 49.3 Å². The number of hydrogen-bond acceptors (Lipinski definition) is 3. The van der Waals surface area contributed by atoms with Crippen molar-refractivity contribution in [1.29, 1.82) is 0 Å². The predicted octanol–water partition coefficient (Wildman–Crippen LogP) is 0.291. The summed E-state index contributed by atoms with van der Waals surface area (Å²) in [6, 6.07) is 0. The second-order valence-electron chi connectivity index (χ2n) is 1.99. The first-order valence-electron chi connectivity index (χ1n) is 3.04. The molecule has 10 heavy (non-hydrogen) atoms. The number of carboxylic acids is 1. The van der Waals surface area contributed by atoms with E-state index < -0.39 is 5.97 Å². The molecule has 0 aromatic rings. The number of carbonyl (C=O) groups is 1. The molecule has 1 saturated heterocycles. The quantitative estimate of drug-likeness (QED) is 0.540. The summed E-state index contributed by atoms with van der Waals surface area (Å²) in [5.74, 6) is 0.994. The summed E-state index contributed by atoms with van der Waals surface area (Å²) in [6.07, 6.45) is 1.23. The first-order valence-corrected chi connectivity index (χ1v) is 4.19. The van der Waals surface area contributed by atoms with E-state index in [0.29, 0.717) is 0 Å². The first kappa shape index (κ1) is 7.47. The first-order chi connectivity index (χ1) is 4.79. The third kappa shape index (κ3) is 2.31. The van der Waals surface area contributed by atoms with E-state index in [9.17, 15) is 4.79 Å². The van der Waals surface area contributed by atoms with E-state index in [1.54, 1.807) is 11.8 Å². The van der Waals surface area contributed by atoms with Gasteiger partial charge in [0, 0.05) is 29.8 Å². The molecule has 0 saturated carbocycles. The van der Waals surface area contributed by atoms with Crippen molar-refractivity contribution in [1.82, 2.24) is 5.32 Å². The van der Waals surface area contributed by atoms with Crippen LogP contribution in [0.3, 0.4) is 0 Å². The van der Waals surface area contributed by atoms with Crippen molar-refractivity contribution < 1.29 is 9.90 Å². The summed E-state index contributed by atoms with van der Waals surface area (Å²) in [6.45, 7) is 0.879. The Morgan fingerprint density at radius 1 is 1.80 bits per heavy atom. The van der Waals surface area contributed by atoms with E-state index in [2.05, 4.69) is 5.32 Å². The van der Waals surface area contributed by atoms with Gasteiger partial charge in [0.25, 0.3) is 0 Å². The fourth-order valence-electron chi connectivity index (χ4n) is 0.759. The van der Waals surface area contributed by atoms with Crippen LogP contribution in [0.25, 0.3) is 0 Å².